The number of hydrogen-bond acceptors (Lipinski definition) is 3. The lowest BCUT2D eigenvalue weighted by molar-refractivity contribution is 0.344. The van der Waals surface area contributed by atoms with Crippen LogP contribution in [0, 0.1) is 5.41 Å². The lowest BCUT2D eigenvalue weighted by Crippen LogP contribution is -2.08. The van der Waals surface area contributed by atoms with Crippen molar-refractivity contribution in [1.29, 1.82) is 5.41 Å². The smallest absolute Gasteiger partial charge is 0.213 e. The zero-order valence-corrected chi connectivity index (χ0v) is 7.36. The van der Waals surface area contributed by atoms with Crippen LogP contribution in [0.25, 0.3) is 0 Å². The average molecular weight is 177 g/mol. The van der Waals surface area contributed by atoms with Crippen molar-refractivity contribution >= 4 is 5.90 Å². The molecule has 68 valence electrons. The molecule has 1 fully saturated rings. The van der Waals surface area contributed by atoms with Crippen LogP contribution in [0.15, 0.2) is 30.3 Å². The molecule has 1 aliphatic heterocycles. The fourth-order valence-corrected chi connectivity index (χ4v) is 1.32. The maximum atomic E-state index is 7.39. The van der Waals surface area contributed by atoms with Crippen LogP contribution < -0.4 is 0 Å². The minimum atomic E-state index is -0.174. The number of rotatable bonds is 2. The minimum absolute atomic E-state index is 0.0219. The number of epoxide rings is 1. The summed E-state index contributed by atoms with van der Waals surface area (Å²) in [6.07, 6.45) is -0.152. The highest BCUT2D eigenvalue weighted by Crippen LogP contribution is 2.39. The van der Waals surface area contributed by atoms with Gasteiger partial charge in [0.2, 0.25) is 5.90 Å². The van der Waals surface area contributed by atoms with Gasteiger partial charge in [-0.25, -0.2) is 0 Å². The first-order valence-corrected chi connectivity index (χ1v) is 4.16. The maximum absolute atomic E-state index is 7.39. The Bertz CT molecular complexity index is 310. The van der Waals surface area contributed by atoms with E-state index in [0.29, 0.717) is 0 Å². The molecule has 1 aromatic rings. The summed E-state index contributed by atoms with van der Waals surface area (Å²) >= 11 is 0. The summed E-state index contributed by atoms with van der Waals surface area (Å²) in [5.41, 5.74) is 1.11. The van der Waals surface area contributed by atoms with Gasteiger partial charge >= 0.3 is 0 Å². The Hall–Kier alpha value is -1.35. The third-order valence-electron chi connectivity index (χ3n) is 2.10. The SMILES string of the molecule is COC(=N)C1OC1c1ccccc1. The number of nitrogens with one attached hydrogen (secondary N) is 1. The van der Waals surface area contributed by atoms with Gasteiger partial charge in [0.1, 0.15) is 6.10 Å². The van der Waals surface area contributed by atoms with E-state index in [2.05, 4.69) is 0 Å². The van der Waals surface area contributed by atoms with E-state index in [1.807, 2.05) is 30.3 Å². The number of methoxy groups -OCH3 is 1. The molecule has 0 aliphatic carbocycles. The van der Waals surface area contributed by atoms with Crippen molar-refractivity contribution in [2.45, 2.75) is 12.2 Å². The van der Waals surface area contributed by atoms with Crippen LogP contribution in [0.2, 0.25) is 0 Å². The maximum Gasteiger partial charge on any atom is 0.213 e. The van der Waals surface area contributed by atoms with Crippen LogP contribution in [0.5, 0.6) is 0 Å². The third-order valence-corrected chi connectivity index (χ3v) is 2.10. The number of hydrogen-bond donors (Lipinski definition) is 1. The second-order valence-electron chi connectivity index (χ2n) is 2.96. The molecule has 2 atom stereocenters. The van der Waals surface area contributed by atoms with E-state index in [9.17, 15) is 0 Å². The first-order valence-electron chi connectivity index (χ1n) is 4.16. The van der Waals surface area contributed by atoms with Crippen molar-refractivity contribution in [3.63, 3.8) is 0 Å². The lowest BCUT2D eigenvalue weighted by Gasteiger charge is -1.96. The van der Waals surface area contributed by atoms with Gasteiger partial charge in [-0.3, -0.25) is 5.41 Å². The Morgan fingerprint density at radius 3 is 2.69 bits per heavy atom. The quantitative estimate of drug-likeness (QED) is 0.425. The van der Waals surface area contributed by atoms with Crippen LogP contribution in [-0.4, -0.2) is 19.1 Å². The first-order chi connectivity index (χ1) is 6.33. The molecule has 3 heteroatoms. The Labute approximate surface area is 76.8 Å². The molecule has 13 heavy (non-hydrogen) atoms. The highest BCUT2D eigenvalue weighted by Gasteiger charge is 2.44. The van der Waals surface area contributed by atoms with Gasteiger partial charge in [-0.1, -0.05) is 30.3 Å². The van der Waals surface area contributed by atoms with Crippen LogP contribution in [-0.2, 0) is 9.47 Å². The third kappa shape index (κ3) is 1.55. The normalized spacial score (nSPS) is 25.3. The van der Waals surface area contributed by atoms with Crippen LogP contribution in [0.3, 0.4) is 0 Å². The molecule has 1 heterocycles. The molecule has 2 rings (SSSR count). The number of ether oxygens (including phenoxy) is 2. The monoisotopic (exact) mass is 177 g/mol. The summed E-state index contributed by atoms with van der Waals surface area (Å²) in [5.74, 6) is 0.203. The molecule has 3 nitrogen and oxygen atoms in total. The van der Waals surface area contributed by atoms with Gasteiger partial charge in [0, 0.05) is 0 Å². The van der Waals surface area contributed by atoms with Crippen molar-refractivity contribution in [3.05, 3.63) is 35.9 Å². The fourth-order valence-electron chi connectivity index (χ4n) is 1.32. The van der Waals surface area contributed by atoms with Gasteiger partial charge in [0.25, 0.3) is 0 Å². The molecule has 1 N–H and O–H groups in total. The van der Waals surface area contributed by atoms with Gasteiger partial charge in [-0.15, -0.1) is 0 Å². The molecule has 0 spiro atoms. The summed E-state index contributed by atoms with van der Waals surface area (Å²) in [5, 5.41) is 7.39. The Morgan fingerprint density at radius 2 is 2.08 bits per heavy atom. The summed E-state index contributed by atoms with van der Waals surface area (Å²) in [6.45, 7) is 0. The molecule has 0 amide bonds. The Balaban J connectivity index is 2.04. The van der Waals surface area contributed by atoms with Crippen LogP contribution in [0.1, 0.15) is 11.7 Å². The Morgan fingerprint density at radius 1 is 1.38 bits per heavy atom. The van der Waals surface area contributed by atoms with Gasteiger partial charge in [0.05, 0.1) is 7.11 Å². The largest absolute Gasteiger partial charge is 0.483 e. The topological polar surface area (TPSA) is 45.6 Å². The summed E-state index contributed by atoms with van der Waals surface area (Å²) in [4.78, 5) is 0. The van der Waals surface area contributed by atoms with Crippen LogP contribution in [0.4, 0.5) is 0 Å². The van der Waals surface area contributed by atoms with Crippen LogP contribution >= 0.6 is 0 Å². The molecule has 0 bridgehead atoms. The highest BCUT2D eigenvalue weighted by atomic mass is 16.6. The molecule has 1 aromatic carbocycles. The zero-order valence-electron chi connectivity index (χ0n) is 7.36. The van der Waals surface area contributed by atoms with Gasteiger partial charge in [-0.2, -0.15) is 0 Å². The summed E-state index contributed by atoms with van der Waals surface area (Å²) in [6, 6.07) is 9.87. The van der Waals surface area contributed by atoms with Crippen molar-refractivity contribution in [2.75, 3.05) is 7.11 Å². The molecule has 1 saturated heterocycles. The summed E-state index contributed by atoms with van der Waals surface area (Å²) in [7, 11) is 1.49. The van der Waals surface area contributed by atoms with Crippen molar-refractivity contribution in [3.8, 4) is 0 Å². The molecule has 1 aliphatic rings. The molecule has 0 saturated carbocycles. The van der Waals surface area contributed by atoms with Gasteiger partial charge < -0.3 is 9.47 Å². The standard InChI is InChI=1S/C10H11NO2/c1-12-10(11)9-8(13-9)7-5-3-2-4-6-7/h2-6,8-9,11H,1H3. The van der Waals surface area contributed by atoms with E-state index in [-0.39, 0.29) is 18.1 Å². The van der Waals surface area contributed by atoms with Crippen molar-refractivity contribution in [1.82, 2.24) is 0 Å². The minimum Gasteiger partial charge on any atom is -0.483 e. The molecular formula is C10H11NO2. The highest BCUT2D eigenvalue weighted by molar-refractivity contribution is 5.81. The van der Waals surface area contributed by atoms with Gasteiger partial charge in [-0.05, 0) is 5.56 Å². The van der Waals surface area contributed by atoms with E-state index in [1.54, 1.807) is 0 Å². The van der Waals surface area contributed by atoms with E-state index in [1.165, 1.54) is 7.11 Å². The molecule has 0 radical (unpaired) electrons. The molecular weight excluding hydrogens is 166 g/mol. The zero-order chi connectivity index (χ0) is 9.26. The van der Waals surface area contributed by atoms with E-state index < -0.39 is 0 Å². The number of benzene rings is 1. The van der Waals surface area contributed by atoms with E-state index in [0.717, 1.165) is 5.56 Å². The predicted molar refractivity (Wildman–Crippen MR) is 48.8 cm³/mol. The van der Waals surface area contributed by atoms with Crippen molar-refractivity contribution in [2.24, 2.45) is 0 Å². The van der Waals surface area contributed by atoms with E-state index in [4.69, 9.17) is 14.9 Å². The molecule has 0 aromatic heterocycles. The van der Waals surface area contributed by atoms with Crippen molar-refractivity contribution < 1.29 is 9.47 Å². The second kappa shape index (κ2) is 3.18. The fraction of sp³-hybridized carbons (Fsp3) is 0.300. The predicted octanol–water partition coefficient (Wildman–Crippen LogP) is 1.75. The average Bonchev–Trinajstić information content (AvgIpc) is 2.98. The van der Waals surface area contributed by atoms with E-state index >= 15 is 0 Å². The first kappa shape index (κ1) is 8.26. The van der Waals surface area contributed by atoms with Gasteiger partial charge in [0.15, 0.2) is 6.10 Å². The molecule has 2 unspecified atom stereocenters. The second-order valence-corrected chi connectivity index (χ2v) is 2.96. The summed E-state index contributed by atoms with van der Waals surface area (Å²) < 4.78 is 10.1. The Kier molecular flexibility index (Phi) is 2.02. The lowest BCUT2D eigenvalue weighted by atomic mass is 10.1.